The van der Waals surface area contributed by atoms with E-state index in [-0.39, 0.29) is 0 Å². The van der Waals surface area contributed by atoms with Gasteiger partial charge in [0.15, 0.2) is 0 Å². The van der Waals surface area contributed by atoms with Crippen LogP contribution in [0.2, 0.25) is 0 Å². The molecule has 0 bridgehead atoms. The summed E-state index contributed by atoms with van der Waals surface area (Å²) in [6.45, 7) is 30.3. The molecule has 0 aromatic heterocycles. The Morgan fingerprint density at radius 3 is 0.632 bits per heavy atom. The molecule has 0 aliphatic heterocycles. The molecule has 19 heavy (non-hydrogen) atoms. The summed E-state index contributed by atoms with van der Waals surface area (Å²) in [7, 11) is 0. The Morgan fingerprint density at radius 2 is 0.421 bits per heavy atom. The van der Waals surface area contributed by atoms with Gasteiger partial charge in [0.2, 0.25) is 0 Å². The van der Waals surface area contributed by atoms with Gasteiger partial charge in [-0.25, -0.2) is 0 Å². The Balaban J connectivity index is 2.88. The van der Waals surface area contributed by atoms with Crippen molar-refractivity contribution in [2.24, 2.45) is 37.9 Å². The molecule has 2 aliphatic rings. The van der Waals surface area contributed by atoms with Crippen LogP contribution >= 0.6 is 0 Å². The Kier molecular flexibility index (Phi) is 2.39. The van der Waals surface area contributed by atoms with Gasteiger partial charge in [-0.05, 0) is 37.9 Å². The van der Waals surface area contributed by atoms with Crippen LogP contribution < -0.4 is 0 Å². The molecule has 0 heterocycles. The quantitative estimate of drug-likeness (QED) is 0.491. The van der Waals surface area contributed by atoms with Gasteiger partial charge in [0.1, 0.15) is 0 Å². The van der Waals surface area contributed by atoms with E-state index in [4.69, 9.17) is 0 Å². The molecule has 0 aromatic rings. The van der Waals surface area contributed by atoms with Crippen molar-refractivity contribution in [3.8, 4) is 0 Å². The lowest BCUT2D eigenvalue weighted by atomic mass is 9.23. The normalized spacial score (nSPS) is 47.4. The monoisotopic (exact) mass is 264 g/mol. The summed E-state index contributed by atoms with van der Waals surface area (Å²) in [5.41, 5.74) is 2.45. The minimum Gasteiger partial charge on any atom is -0.0588 e. The highest BCUT2D eigenvalue weighted by Gasteiger charge is 2.90. The molecule has 2 fully saturated rings. The Hall–Kier alpha value is 0. The van der Waals surface area contributed by atoms with Gasteiger partial charge in [0.05, 0.1) is 0 Å². The molecule has 0 radical (unpaired) electrons. The molecule has 0 aromatic carbocycles. The van der Waals surface area contributed by atoms with Crippen molar-refractivity contribution in [3.05, 3.63) is 0 Å². The van der Waals surface area contributed by atoms with Crippen molar-refractivity contribution in [1.82, 2.24) is 0 Å². The highest BCUT2D eigenvalue weighted by Crippen LogP contribution is 2.95. The molecule has 0 saturated heterocycles. The van der Waals surface area contributed by atoms with Crippen molar-refractivity contribution in [2.45, 2.75) is 83.1 Å². The average Bonchev–Trinajstić information content (AvgIpc) is 2.28. The van der Waals surface area contributed by atoms with Crippen LogP contribution in [0.4, 0.5) is 0 Å². The van der Waals surface area contributed by atoms with E-state index in [2.05, 4.69) is 83.1 Å². The minimum atomic E-state index is 0.328. The van der Waals surface area contributed by atoms with Crippen LogP contribution in [0.5, 0.6) is 0 Å². The fourth-order valence-electron chi connectivity index (χ4n) is 7.28. The second kappa shape index (κ2) is 2.95. The van der Waals surface area contributed by atoms with Crippen LogP contribution in [0.25, 0.3) is 0 Å². The zero-order valence-corrected chi connectivity index (χ0v) is 15.5. The predicted molar refractivity (Wildman–Crippen MR) is 85.1 cm³/mol. The van der Waals surface area contributed by atoms with E-state index < -0.39 is 0 Å². The van der Waals surface area contributed by atoms with E-state index in [0.29, 0.717) is 37.9 Å². The summed E-state index contributed by atoms with van der Waals surface area (Å²) >= 11 is 0. The minimum absolute atomic E-state index is 0.328. The van der Waals surface area contributed by atoms with Crippen molar-refractivity contribution in [1.29, 1.82) is 0 Å². The number of hydrogen-bond donors (Lipinski definition) is 0. The molecular formula is C19H36. The van der Waals surface area contributed by atoms with Gasteiger partial charge in [0.25, 0.3) is 0 Å². The van der Waals surface area contributed by atoms with Gasteiger partial charge in [0, 0.05) is 0 Å². The van der Waals surface area contributed by atoms with Gasteiger partial charge < -0.3 is 0 Å². The first-order valence-corrected chi connectivity index (χ1v) is 8.00. The number of rotatable bonds is 0. The molecule has 0 N–H and O–H groups in total. The summed E-state index contributed by atoms with van der Waals surface area (Å²) in [6, 6.07) is 0. The molecular weight excluding hydrogens is 228 g/mol. The van der Waals surface area contributed by atoms with Crippen molar-refractivity contribution < 1.29 is 0 Å². The maximum Gasteiger partial charge on any atom is -0.0148 e. The molecule has 0 nitrogen and oxygen atoms in total. The zero-order valence-electron chi connectivity index (χ0n) is 15.5. The van der Waals surface area contributed by atoms with E-state index in [1.54, 1.807) is 0 Å². The maximum atomic E-state index is 2.58. The summed E-state index contributed by atoms with van der Waals surface area (Å²) in [5.74, 6) is 0. The molecule has 2 rings (SSSR count). The largest absolute Gasteiger partial charge is 0.0588 e. The summed E-state index contributed by atoms with van der Waals surface area (Å²) < 4.78 is 0. The summed E-state index contributed by atoms with van der Waals surface area (Å²) in [4.78, 5) is 0. The fraction of sp³-hybridized carbons (Fsp3) is 1.00. The molecule has 112 valence electrons. The van der Waals surface area contributed by atoms with Crippen LogP contribution in [-0.4, -0.2) is 0 Å². The molecule has 0 spiro atoms. The predicted octanol–water partition coefficient (Wildman–Crippen LogP) is 6.16. The van der Waals surface area contributed by atoms with Crippen LogP contribution in [0, 0.1) is 37.9 Å². The second-order valence-electron chi connectivity index (χ2n) is 10.4. The Bertz CT molecular complexity index is 393. The molecule has 2 saturated carbocycles. The van der Waals surface area contributed by atoms with E-state index in [0.717, 1.165) is 0 Å². The summed E-state index contributed by atoms with van der Waals surface area (Å²) in [6.07, 6.45) is 0. The third kappa shape index (κ3) is 0.889. The van der Waals surface area contributed by atoms with E-state index >= 15 is 0 Å². The number of hydrogen-bond acceptors (Lipinski definition) is 0. The van der Waals surface area contributed by atoms with Gasteiger partial charge >= 0.3 is 0 Å². The number of fused-ring (bicyclic) bond motifs is 1. The van der Waals surface area contributed by atoms with Crippen LogP contribution in [0.1, 0.15) is 83.1 Å². The maximum absolute atomic E-state index is 2.58. The van der Waals surface area contributed by atoms with Gasteiger partial charge in [-0.1, -0.05) is 83.1 Å². The first kappa shape index (κ1) is 15.4. The zero-order chi connectivity index (χ0) is 15.5. The van der Waals surface area contributed by atoms with Crippen LogP contribution in [0.3, 0.4) is 0 Å². The van der Waals surface area contributed by atoms with Crippen molar-refractivity contribution in [2.75, 3.05) is 0 Å². The lowest BCUT2D eigenvalue weighted by Gasteiger charge is -2.81. The molecule has 2 aliphatic carbocycles. The first-order valence-electron chi connectivity index (χ1n) is 8.00. The third-order valence-electron chi connectivity index (χ3n) is 10.7. The summed E-state index contributed by atoms with van der Waals surface area (Å²) in [5, 5.41) is 0. The third-order valence-corrected chi connectivity index (χ3v) is 10.7. The highest BCUT2D eigenvalue weighted by atomic mass is 14.9. The SMILES string of the molecule is CC1(C)C(C)(C)C2(C)C(C)(C)C(C)(C)C2(C)C1(C)C. The van der Waals surface area contributed by atoms with Gasteiger partial charge in [-0.2, -0.15) is 0 Å². The second-order valence-corrected chi connectivity index (χ2v) is 10.4. The van der Waals surface area contributed by atoms with Crippen LogP contribution in [0.15, 0.2) is 0 Å². The Labute approximate surface area is 121 Å². The first-order chi connectivity index (χ1) is 8.00. The smallest absolute Gasteiger partial charge is 0.0148 e. The molecule has 2 unspecified atom stereocenters. The van der Waals surface area contributed by atoms with Crippen molar-refractivity contribution >= 4 is 0 Å². The molecule has 2 atom stereocenters. The van der Waals surface area contributed by atoms with Crippen LogP contribution in [-0.2, 0) is 0 Å². The van der Waals surface area contributed by atoms with E-state index in [1.165, 1.54) is 0 Å². The van der Waals surface area contributed by atoms with Gasteiger partial charge in [-0.15, -0.1) is 0 Å². The van der Waals surface area contributed by atoms with E-state index in [1.807, 2.05) is 0 Å². The van der Waals surface area contributed by atoms with Gasteiger partial charge in [-0.3, -0.25) is 0 Å². The topological polar surface area (TPSA) is 0 Å². The van der Waals surface area contributed by atoms with Crippen molar-refractivity contribution in [3.63, 3.8) is 0 Å². The standard InChI is InChI=1S/C19H36/c1-13(2)14(3,4)18(11)16(7,8)17(9,10)19(18,12)15(13,5)6/h1-12H3. The Morgan fingerprint density at radius 1 is 0.263 bits per heavy atom. The van der Waals surface area contributed by atoms with E-state index in [9.17, 15) is 0 Å². The molecule has 0 heteroatoms. The lowest BCUT2D eigenvalue weighted by Crippen LogP contribution is -2.76. The lowest BCUT2D eigenvalue weighted by molar-refractivity contribution is -0.337. The molecule has 0 amide bonds. The fourth-order valence-corrected chi connectivity index (χ4v) is 7.28. The average molecular weight is 264 g/mol. The highest BCUT2D eigenvalue weighted by molar-refractivity contribution is 5.37.